The number of carbonyl (C=O) groups excluding carboxylic acids is 1. The molecular formula is C18H30O5. The summed E-state index contributed by atoms with van der Waals surface area (Å²) in [5.74, 6) is -0.747. The fraction of sp³-hybridized carbons (Fsp3) is 0.889. The number of carboxylic acids is 1. The number of ether oxygens (including phenoxy) is 2. The largest absolute Gasteiger partial charge is 0.481 e. The summed E-state index contributed by atoms with van der Waals surface area (Å²) >= 11 is 0. The lowest BCUT2D eigenvalue weighted by Gasteiger charge is -2.38. The van der Waals surface area contributed by atoms with Gasteiger partial charge in [0.05, 0.1) is 5.60 Å². The van der Waals surface area contributed by atoms with Crippen LogP contribution in [0.4, 0.5) is 0 Å². The highest BCUT2D eigenvalue weighted by Gasteiger charge is 2.45. The Bertz CT molecular complexity index is 378. The molecule has 0 radical (unpaired) electrons. The van der Waals surface area contributed by atoms with E-state index in [1.807, 2.05) is 0 Å². The highest BCUT2D eigenvalue weighted by molar-refractivity contribution is 5.66. The number of aldehydes is 1. The van der Waals surface area contributed by atoms with Crippen molar-refractivity contribution in [2.24, 2.45) is 5.92 Å². The van der Waals surface area contributed by atoms with Crippen LogP contribution < -0.4 is 0 Å². The molecule has 1 aliphatic carbocycles. The number of hydrogen-bond acceptors (Lipinski definition) is 4. The first-order chi connectivity index (χ1) is 11.2. The van der Waals surface area contributed by atoms with Gasteiger partial charge in [-0.25, -0.2) is 0 Å². The van der Waals surface area contributed by atoms with E-state index in [1.165, 1.54) is 0 Å². The fourth-order valence-electron chi connectivity index (χ4n) is 3.90. The predicted molar refractivity (Wildman–Crippen MR) is 86.1 cm³/mol. The Labute approximate surface area is 138 Å². The highest BCUT2D eigenvalue weighted by atomic mass is 16.7. The zero-order chi connectivity index (χ0) is 16.5. The molecule has 5 nitrogen and oxygen atoms in total. The summed E-state index contributed by atoms with van der Waals surface area (Å²) in [4.78, 5) is 22.0. The summed E-state index contributed by atoms with van der Waals surface area (Å²) < 4.78 is 12.1. The maximum absolute atomic E-state index is 11.5. The summed E-state index contributed by atoms with van der Waals surface area (Å²) in [6, 6.07) is 0. The molecule has 0 amide bonds. The quantitative estimate of drug-likeness (QED) is 0.489. The molecule has 23 heavy (non-hydrogen) atoms. The van der Waals surface area contributed by atoms with Crippen molar-refractivity contribution in [1.82, 2.24) is 0 Å². The average molecular weight is 326 g/mol. The molecule has 0 bridgehead atoms. The minimum absolute atomic E-state index is 0.0213. The zero-order valence-electron chi connectivity index (χ0n) is 14.0. The van der Waals surface area contributed by atoms with Crippen LogP contribution in [-0.2, 0) is 19.1 Å². The topological polar surface area (TPSA) is 72.8 Å². The maximum atomic E-state index is 11.5. The minimum Gasteiger partial charge on any atom is -0.481 e. The minimum atomic E-state index is -0.726. The van der Waals surface area contributed by atoms with Gasteiger partial charge in [-0.3, -0.25) is 4.79 Å². The Morgan fingerprint density at radius 1 is 1.17 bits per heavy atom. The van der Waals surface area contributed by atoms with Gasteiger partial charge in [0.25, 0.3) is 0 Å². The van der Waals surface area contributed by atoms with E-state index in [0.717, 1.165) is 83.5 Å². The Morgan fingerprint density at radius 2 is 2.00 bits per heavy atom. The average Bonchev–Trinajstić information content (AvgIpc) is 2.94. The summed E-state index contributed by atoms with van der Waals surface area (Å²) in [7, 11) is 0. The lowest BCUT2D eigenvalue weighted by Crippen LogP contribution is -2.42. The van der Waals surface area contributed by atoms with Crippen molar-refractivity contribution >= 4 is 12.3 Å². The molecule has 2 rings (SSSR count). The molecular weight excluding hydrogens is 296 g/mol. The smallest absolute Gasteiger partial charge is 0.303 e. The van der Waals surface area contributed by atoms with Gasteiger partial charge in [-0.05, 0) is 51.4 Å². The van der Waals surface area contributed by atoms with Gasteiger partial charge in [-0.2, -0.15) is 0 Å². The number of carboxylic acid groups (broad SMARTS) is 1. The molecule has 0 aromatic carbocycles. The Balaban J connectivity index is 1.81. The fourth-order valence-corrected chi connectivity index (χ4v) is 3.90. The number of hydrogen-bond donors (Lipinski definition) is 1. The molecule has 1 N–H and O–H groups in total. The Hall–Kier alpha value is -0.940. The van der Waals surface area contributed by atoms with Crippen molar-refractivity contribution in [1.29, 1.82) is 0 Å². The van der Waals surface area contributed by atoms with Gasteiger partial charge >= 0.3 is 5.97 Å². The lowest BCUT2D eigenvalue weighted by molar-refractivity contribution is -0.234. The molecule has 1 saturated carbocycles. The second kappa shape index (κ2) is 9.38. The van der Waals surface area contributed by atoms with E-state index in [-0.39, 0.29) is 24.2 Å². The third kappa shape index (κ3) is 5.57. The van der Waals surface area contributed by atoms with E-state index in [1.54, 1.807) is 0 Å². The monoisotopic (exact) mass is 326 g/mol. The van der Waals surface area contributed by atoms with Crippen LogP contribution in [0, 0.1) is 5.92 Å². The number of unbranched alkanes of at least 4 members (excludes halogenated alkanes) is 3. The first-order valence-corrected chi connectivity index (χ1v) is 9.13. The number of rotatable bonds is 10. The second-order valence-corrected chi connectivity index (χ2v) is 6.92. The molecule has 2 fully saturated rings. The van der Waals surface area contributed by atoms with Crippen LogP contribution in [0.2, 0.25) is 0 Å². The number of aliphatic carboxylic acids is 1. The third-order valence-corrected chi connectivity index (χ3v) is 5.20. The first kappa shape index (κ1) is 18.4. The standard InChI is InChI=1S/C18H30O5/c19-14-15-8-7-12-18(15,23-17-10-4-6-13-22-17)11-5-2-1-3-9-16(20)21/h14-15,17H,1-13H2,(H,20,21). The van der Waals surface area contributed by atoms with Crippen LogP contribution >= 0.6 is 0 Å². The van der Waals surface area contributed by atoms with E-state index >= 15 is 0 Å². The van der Waals surface area contributed by atoms with Crippen molar-refractivity contribution in [2.75, 3.05) is 6.61 Å². The predicted octanol–water partition coefficient (Wildman–Crippen LogP) is 3.69. The molecule has 0 aromatic heterocycles. The van der Waals surface area contributed by atoms with Crippen molar-refractivity contribution in [3.05, 3.63) is 0 Å². The maximum Gasteiger partial charge on any atom is 0.303 e. The van der Waals surface area contributed by atoms with Gasteiger partial charge in [-0.1, -0.05) is 19.3 Å². The van der Waals surface area contributed by atoms with Crippen LogP contribution in [-0.4, -0.2) is 35.9 Å². The molecule has 132 valence electrons. The normalized spacial score (nSPS) is 31.1. The second-order valence-electron chi connectivity index (χ2n) is 6.92. The Morgan fingerprint density at radius 3 is 2.70 bits per heavy atom. The molecule has 5 heteroatoms. The third-order valence-electron chi connectivity index (χ3n) is 5.20. The van der Waals surface area contributed by atoms with Gasteiger partial charge in [0.1, 0.15) is 6.29 Å². The van der Waals surface area contributed by atoms with E-state index in [0.29, 0.717) is 0 Å². The molecule has 1 aliphatic heterocycles. The molecule has 3 atom stereocenters. The molecule has 1 heterocycles. The van der Waals surface area contributed by atoms with Gasteiger partial charge in [-0.15, -0.1) is 0 Å². The number of carbonyl (C=O) groups is 2. The van der Waals surface area contributed by atoms with Crippen LogP contribution in [0.5, 0.6) is 0 Å². The van der Waals surface area contributed by atoms with E-state index in [9.17, 15) is 9.59 Å². The van der Waals surface area contributed by atoms with Gasteiger partial charge in [0.15, 0.2) is 6.29 Å². The molecule has 1 saturated heterocycles. The van der Waals surface area contributed by atoms with Crippen molar-refractivity contribution in [2.45, 2.75) is 88.9 Å². The van der Waals surface area contributed by atoms with Gasteiger partial charge in [0, 0.05) is 18.9 Å². The van der Waals surface area contributed by atoms with Crippen LogP contribution in [0.1, 0.15) is 77.0 Å². The molecule has 0 spiro atoms. The van der Waals surface area contributed by atoms with Crippen LogP contribution in [0.3, 0.4) is 0 Å². The van der Waals surface area contributed by atoms with E-state index < -0.39 is 5.97 Å². The lowest BCUT2D eigenvalue weighted by atomic mass is 9.86. The first-order valence-electron chi connectivity index (χ1n) is 9.13. The van der Waals surface area contributed by atoms with Crippen molar-refractivity contribution < 1.29 is 24.2 Å². The Kier molecular flexibility index (Phi) is 7.50. The summed E-state index contributed by atoms with van der Waals surface area (Å²) in [6.07, 6.45) is 11.7. The molecule has 0 aromatic rings. The summed E-state index contributed by atoms with van der Waals surface area (Å²) in [5, 5.41) is 8.66. The van der Waals surface area contributed by atoms with Crippen molar-refractivity contribution in [3.63, 3.8) is 0 Å². The van der Waals surface area contributed by atoms with E-state index in [2.05, 4.69) is 0 Å². The van der Waals surface area contributed by atoms with E-state index in [4.69, 9.17) is 14.6 Å². The van der Waals surface area contributed by atoms with Crippen LogP contribution in [0.25, 0.3) is 0 Å². The summed E-state index contributed by atoms with van der Waals surface area (Å²) in [5.41, 5.74) is -0.351. The van der Waals surface area contributed by atoms with Crippen LogP contribution in [0.15, 0.2) is 0 Å². The van der Waals surface area contributed by atoms with Gasteiger partial charge in [0.2, 0.25) is 0 Å². The SMILES string of the molecule is O=CC1CCCC1(CCCCCCC(=O)O)OC1CCCCO1. The zero-order valence-corrected chi connectivity index (χ0v) is 14.0. The highest BCUT2D eigenvalue weighted by Crippen LogP contribution is 2.43. The summed E-state index contributed by atoms with van der Waals surface area (Å²) in [6.45, 7) is 0.752. The van der Waals surface area contributed by atoms with Crippen molar-refractivity contribution in [3.8, 4) is 0 Å². The molecule has 3 unspecified atom stereocenters. The molecule has 2 aliphatic rings. The van der Waals surface area contributed by atoms with Gasteiger partial charge < -0.3 is 19.4 Å².